The summed E-state index contributed by atoms with van der Waals surface area (Å²) in [5, 5.41) is 4.86. The predicted octanol–water partition coefficient (Wildman–Crippen LogP) is 7.35. The third-order valence-electron chi connectivity index (χ3n) is 5.89. The standard InChI is InChI=1S/C28H19NO3S2/c1-18-10-14-21(15-11-18)34(30,31)32-25-17-13-19-6-2-4-8-22(19)26(25)28-29-24-16-12-20-7-3-5-9-23(20)27(24)33-28/h2-17H,1H3. The van der Waals surface area contributed by atoms with Crippen molar-refractivity contribution in [1.82, 2.24) is 4.98 Å². The van der Waals surface area contributed by atoms with Crippen molar-refractivity contribution in [2.24, 2.45) is 0 Å². The van der Waals surface area contributed by atoms with Gasteiger partial charge in [0.2, 0.25) is 0 Å². The van der Waals surface area contributed by atoms with Gasteiger partial charge in [-0.1, -0.05) is 78.4 Å². The summed E-state index contributed by atoms with van der Waals surface area (Å²) < 4.78 is 33.1. The normalized spacial score (nSPS) is 11.9. The summed E-state index contributed by atoms with van der Waals surface area (Å²) in [5.74, 6) is 0.266. The van der Waals surface area contributed by atoms with Gasteiger partial charge in [0.05, 0.1) is 15.8 Å². The first-order chi connectivity index (χ1) is 16.5. The molecule has 34 heavy (non-hydrogen) atoms. The molecule has 0 saturated carbocycles. The van der Waals surface area contributed by atoms with E-state index in [-0.39, 0.29) is 10.6 Å². The van der Waals surface area contributed by atoms with E-state index in [4.69, 9.17) is 9.17 Å². The Morgan fingerprint density at radius 1 is 0.735 bits per heavy atom. The molecule has 0 aliphatic rings. The summed E-state index contributed by atoms with van der Waals surface area (Å²) in [7, 11) is -4.02. The molecule has 0 aliphatic heterocycles. The van der Waals surface area contributed by atoms with E-state index >= 15 is 0 Å². The van der Waals surface area contributed by atoms with Gasteiger partial charge < -0.3 is 4.18 Å². The Bertz CT molecular complexity index is 1800. The molecule has 0 aliphatic carbocycles. The molecule has 0 spiro atoms. The smallest absolute Gasteiger partial charge is 0.339 e. The molecule has 0 bridgehead atoms. The van der Waals surface area contributed by atoms with E-state index < -0.39 is 10.1 Å². The van der Waals surface area contributed by atoms with Gasteiger partial charge in [-0.2, -0.15) is 8.42 Å². The Kier molecular flexibility index (Phi) is 4.86. The highest BCUT2D eigenvalue weighted by molar-refractivity contribution is 7.87. The number of hydrogen-bond acceptors (Lipinski definition) is 5. The van der Waals surface area contributed by atoms with E-state index in [2.05, 4.69) is 18.2 Å². The summed E-state index contributed by atoms with van der Waals surface area (Å²) in [6.07, 6.45) is 0. The summed E-state index contributed by atoms with van der Waals surface area (Å²) in [6.45, 7) is 1.91. The minimum absolute atomic E-state index is 0.118. The first-order valence-electron chi connectivity index (χ1n) is 10.8. The van der Waals surface area contributed by atoms with E-state index in [1.807, 2.05) is 55.5 Å². The van der Waals surface area contributed by atoms with Crippen LogP contribution in [0.15, 0.2) is 102 Å². The lowest BCUT2D eigenvalue weighted by Crippen LogP contribution is -2.10. The minimum Gasteiger partial charge on any atom is -0.378 e. The van der Waals surface area contributed by atoms with Crippen molar-refractivity contribution in [1.29, 1.82) is 0 Å². The molecule has 0 amide bonds. The van der Waals surface area contributed by atoms with Crippen LogP contribution in [0.25, 0.3) is 42.3 Å². The van der Waals surface area contributed by atoms with E-state index in [9.17, 15) is 8.42 Å². The van der Waals surface area contributed by atoms with Gasteiger partial charge in [-0.25, -0.2) is 4.98 Å². The van der Waals surface area contributed by atoms with Gasteiger partial charge in [-0.15, -0.1) is 11.3 Å². The van der Waals surface area contributed by atoms with Crippen molar-refractivity contribution in [3.8, 4) is 16.3 Å². The van der Waals surface area contributed by atoms with E-state index in [1.165, 1.54) is 0 Å². The molecular weight excluding hydrogens is 462 g/mol. The fourth-order valence-corrected chi connectivity index (χ4v) is 6.28. The Hall–Kier alpha value is -3.74. The van der Waals surface area contributed by atoms with Crippen molar-refractivity contribution in [3.05, 3.63) is 103 Å². The Labute approximate surface area is 201 Å². The molecule has 0 saturated heterocycles. The summed E-state index contributed by atoms with van der Waals surface area (Å²) in [6, 6.07) is 30.4. The van der Waals surface area contributed by atoms with Crippen LogP contribution < -0.4 is 4.18 Å². The van der Waals surface area contributed by atoms with Crippen LogP contribution in [0.5, 0.6) is 5.75 Å². The molecule has 1 heterocycles. The summed E-state index contributed by atoms with van der Waals surface area (Å²) in [5.41, 5.74) is 2.53. The van der Waals surface area contributed by atoms with Crippen molar-refractivity contribution in [2.75, 3.05) is 0 Å². The van der Waals surface area contributed by atoms with Gasteiger partial charge in [0.1, 0.15) is 9.90 Å². The number of thiazole rings is 1. The molecule has 4 nitrogen and oxygen atoms in total. The van der Waals surface area contributed by atoms with Crippen LogP contribution in [0.2, 0.25) is 0 Å². The van der Waals surface area contributed by atoms with Crippen LogP contribution in [0.4, 0.5) is 0 Å². The zero-order valence-corrected chi connectivity index (χ0v) is 19.9. The summed E-state index contributed by atoms with van der Waals surface area (Å²) >= 11 is 1.55. The van der Waals surface area contributed by atoms with Crippen LogP contribution in [0.1, 0.15) is 5.56 Å². The molecule has 6 heteroatoms. The van der Waals surface area contributed by atoms with Crippen molar-refractivity contribution < 1.29 is 12.6 Å². The van der Waals surface area contributed by atoms with Gasteiger partial charge in [0, 0.05) is 5.39 Å². The lowest BCUT2D eigenvalue weighted by atomic mass is 10.0. The van der Waals surface area contributed by atoms with Crippen molar-refractivity contribution >= 4 is 53.2 Å². The molecule has 1 aromatic heterocycles. The monoisotopic (exact) mass is 481 g/mol. The largest absolute Gasteiger partial charge is 0.378 e. The number of aryl methyl sites for hydroxylation is 1. The zero-order chi connectivity index (χ0) is 23.3. The van der Waals surface area contributed by atoms with Gasteiger partial charge in [0.15, 0.2) is 5.75 Å². The van der Waals surface area contributed by atoms with Gasteiger partial charge in [-0.05, 0) is 47.3 Å². The van der Waals surface area contributed by atoms with Gasteiger partial charge >= 0.3 is 10.1 Å². The average molecular weight is 482 g/mol. The fraction of sp³-hybridized carbons (Fsp3) is 0.0357. The molecule has 0 fully saturated rings. The molecule has 6 rings (SSSR count). The Morgan fingerprint density at radius 2 is 1.38 bits per heavy atom. The maximum Gasteiger partial charge on any atom is 0.339 e. The Balaban J connectivity index is 1.57. The highest BCUT2D eigenvalue weighted by atomic mass is 32.2. The number of aromatic nitrogens is 1. The molecule has 0 N–H and O–H groups in total. The maximum absolute atomic E-state index is 13.1. The second-order valence-electron chi connectivity index (χ2n) is 8.16. The quantitative estimate of drug-likeness (QED) is 0.247. The lowest BCUT2D eigenvalue weighted by Gasteiger charge is -2.13. The fourth-order valence-electron chi connectivity index (χ4n) is 4.18. The molecule has 6 aromatic rings. The first-order valence-corrected chi connectivity index (χ1v) is 13.0. The highest BCUT2D eigenvalue weighted by Crippen LogP contribution is 2.43. The van der Waals surface area contributed by atoms with Gasteiger partial charge in [0.25, 0.3) is 0 Å². The third kappa shape index (κ3) is 3.52. The molecule has 166 valence electrons. The van der Waals surface area contributed by atoms with Crippen LogP contribution in [0.3, 0.4) is 0 Å². The van der Waals surface area contributed by atoms with E-state index in [0.717, 1.165) is 42.3 Å². The molecule has 0 atom stereocenters. The van der Waals surface area contributed by atoms with E-state index in [0.29, 0.717) is 5.56 Å². The van der Waals surface area contributed by atoms with Crippen molar-refractivity contribution in [2.45, 2.75) is 11.8 Å². The minimum atomic E-state index is -4.02. The second kappa shape index (κ2) is 7.94. The first kappa shape index (κ1) is 20.8. The van der Waals surface area contributed by atoms with Crippen LogP contribution >= 0.6 is 11.3 Å². The average Bonchev–Trinajstić information content (AvgIpc) is 3.28. The number of hydrogen-bond donors (Lipinski definition) is 0. The zero-order valence-electron chi connectivity index (χ0n) is 18.2. The van der Waals surface area contributed by atoms with Crippen molar-refractivity contribution in [3.63, 3.8) is 0 Å². The van der Waals surface area contributed by atoms with Gasteiger partial charge in [-0.3, -0.25) is 0 Å². The molecular formula is C28H19NO3S2. The number of rotatable bonds is 4. The SMILES string of the molecule is Cc1ccc(S(=O)(=O)Oc2ccc3ccccc3c2-c2nc3ccc4ccccc4c3s2)cc1. The predicted molar refractivity (Wildman–Crippen MR) is 139 cm³/mol. The van der Waals surface area contributed by atoms with Crippen LogP contribution in [-0.4, -0.2) is 13.4 Å². The molecule has 5 aromatic carbocycles. The third-order valence-corrected chi connectivity index (χ3v) is 8.26. The topological polar surface area (TPSA) is 56.3 Å². The maximum atomic E-state index is 13.1. The number of fused-ring (bicyclic) bond motifs is 4. The lowest BCUT2D eigenvalue weighted by molar-refractivity contribution is 0.487. The van der Waals surface area contributed by atoms with Crippen LogP contribution in [0, 0.1) is 6.92 Å². The van der Waals surface area contributed by atoms with Crippen LogP contribution in [-0.2, 0) is 10.1 Å². The second-order valence-corrected chi connectivity index (χ2v) is 10.7. The molecule has 0 radical (unpaired) electrons. The van der Waals surface area contributed by atoms with E-state index in [1.54, 1.807) is 41.7 Å². The highest BCUT2D eigenvalue weighted by Gasteiger charge is 2.22. The number of benzene rings is 5. The Morgan fingerprint density at radius 3 is 2.15 bits per heavy atom. The number of nitrogens with zero attached hydrogens (tertiary/aromatic N) is 1. The molecule has 0 unspecified atom stereocenters. The summed E-state index contributed by atoms with van der Waals surface area (Å²) in [4.78, 5) is 5.02.